The molecular formula is C26H42N8. The highest BCUT2D eigenvalue weighted by Crippen LogP contribution is 2.31. The maximum Gasteiger partial charge on any atom is 0.125 e. The molecule has 4 saturated heterocycles. The Bertz CT molecular complexity index is 876. The molecule has 4 aliphatic rings. The van der Waals surface area contributed by atoms with Crippen LogP contribution < -0.4 is 5.32 Å². The van der Waals surface area contributed by atoms with E-state index in [9.17, 15) is 0 Å². The number of likely N-dealkylation sites (tertiary alicyclic amines) is 3. The summed E-state index contributed by atoms with van der Waals surface area (Å²) in [6.07, 6.45) is 7.83. The molecule has 8 heteroatoms. The van der Waals surface area contributed by atoms with Gasteiger partial charge in [0.2, 0.25) is 0 Å². The summed E-state index contributed by atoms with van der Waals surface area (Å²) >= 11 is 0. The number of nitrogens with one attached hydrogen (secondary N) is 1. The van der Waals surface area contributed by atoms with Gasteiger partial charge < -0.3 is 10.2 Å². The first kappa shape index (κ1) is 25.1. The van der Waals surface area contributed by atoms with Crippen molar-refractivity contribution < 1.29 is 0 Å². The average Bonchev–Trinajstić information content (AvgIpc) is 3.53. The molecule has 4 atom stereocenters. The molecule has 8 nitrogen and oxygen atoms in total. The van der Waals surface area contributed by atoms with Gasteiger partial charge in [-0.2, -0.15) is 0 Å². The van der Waals surface area contributed by atoms with Gasteiger partial charge in [-0.05, 0) is 57.7 Å². The van der Waals surface area contributed by atoms with Gasteiger partial charge in [0.1, 0.15) is 11.6 Å². The minimum Gasteiger partial charge on any atom is -0.316 e. The molecule has 0 aliphatic carbocycles. The lowest BCUT2D eigenvalue weighted by molar-refractivity contribution is 0.271. The van der Waals surface area contributed by atoms with Crippen LogP contribution in [0.5, 0.6) is 0 Å². The van der Waals surface area contributed by atoms with E-state index in [1.165, 1.54) is 63.5 Å². The Morgan fingerprint density at radius 3 is 1.47 bits per heavy atom. The minimum absolute atomic E-state index is 0. The fourth-order valence-electron chi connectivity index (χ4n) is 6.05. The lowest BCUT2D eigenvalue weighted by Crippen LogP contribution is -2.26. The van der Waals surface area contributed by atoms with Crippen LogP contribution in [0.4, 0.5) is 0 Å². The Balaban J connectivity index is 0.000000157. The van der Waals surface area contributed by atoms with E-state index in [0.717, 1.165) is 48.4 Å². The summed E-state index contributed by atoms with van der Waals surface area (Å²) < 4.78 is 0. The highest BCUT2D eigenvalue weighted by molar-refractivity contribution is 5.07. The van der Waals surface area contributed by atoms with Crippen molar-refractivity contribution in [2.45, 2.75) is 34.4 Å². The van der Waals surface area contributed by atoms with E-state index in [1.54, 1.807) is 0 Å². The van der Waals surface area contributed by atoms with E-state index in [4.69, 9.17) is 0 Å². The number of rotatable bonds is 4. The lowest BCUT2D eigenvalue weighted by atomic mass is 10.0. The molecule has 4 unspecified atom stereocenters. The molecule has 0 bridgehead atoms. The Kier molecular flexibility index (Phi) is 8.24. The van der Waals surface area contributed by atoms with E-state index in [0.29, 0.717) is 0 Å². The molecule has 4 aliphatic heterocycles. The second-order valence-electron chi connectivity index (χ2n) is 10.6. The average molecular weight is 467 g/mol. The maximum atomic E-state index is 4.26. The smallest absolute Gasteiger partial charge is 0.125 e. The largest absolute Gasteiger partial charge is 0.316 e. The molecule has 0 amide bonds. The molecule has 6 heterocycles. The van der Waals surface area contributed by atoms with Crippen LogP contribution >= 0.6 is 0 Å². The van der Waals surface area contributed by atoms with E-state index in [2.05, 4.69) is 47.0 Å². The zero-order valence-corrected chi connectivity index (χ0v) is 20.3. The van der Waals surface area contributed by atoms with E-state index in [1.807, 2.05) is 38.6 Å². The van der Waals surface area contributed by atoms with Crippen LogP contribution in [-0.2, 0) is 13.1 Å². The molecule has 0 spiro atoms. The van der Waals surface area contributed by atoms with Crippen LogP contribution in [0.3, 0.4) is 0 Å². The predicted molar refractivity (Wildman–Crippen MR) is 135 cm³/mol. The Hall–Kier alpha value is -2.00. The second-order valence-corrected chi connectivity index (χ2v) is 10.6. The summed E-state index contributed by atoms with van der Waals surface area (Å²) in [6, 6.07) is 0. The van der Waals surface area contributed by atoms with Gasteiger partial charge in [-0.15, -0.1) is 0 Å². The molecular weight excluding hydrogens is 424 g/mol. The van der Waals surface area contributed by atoms with E-state index in [-0.39, 0.29) is 7.43 Å². The highest BCUT2D eigenvalue weighted by atomic mass is 15.2. The zero-order chi connectivity index (χ0) is 22.8. The predicted octanol–water partition coefficient (Wildman–Crippen LogP) is 1.85. The molecule has 186 valence electrons. The number of aryl methyl sites for hydroxylation is 2. The fourth-order valence-corrected chi connectivity index (χ4v) is 6.05. The third-order valence-electron chi connectivity index (χ3n) is 7.69. The maximum absolute atomic E-state index is 4.26. The summed E-state index contributed by atoms with van der Waals surface area (Å²) in [4.78, 5) is 24.5. The Morgan fingerprint density at radius 1 is 0.676 bits per heavy atom. The third kappa shape index (κ3) is 6.16. The Morgan fingerprint density at radius 2 is 1.06 bits per heavy atom. The SMILES string of the molecule is C.Cc1ncc(CN2CC3CN(C)CC3C2)cn1.Cc1ncc(CN2CC3CNCC3C2)cn1. The summed E-state index contributed by atoms with van der Waals surface area (Å²) in [5.74, 6) is 5.20. The van der Waals surface area contributed by atoms with Crippen molar-refractivity contribution in [2.75, 3.05) is 59.4 Å². The normalized spacial score (nSPS) is 28.8. The summed E-state index contributed by atoms with van der Waals surface area (Å²) in [5, 5.41) is 3.46. The molecule has 34 heavy (non-hydrogen) atoms. The van der Waals surface area contributed by atoms with Crippen LogP contribution in [0.2, 0.25) is 0 Å². The standard InChI is InChI=1S/C13H20N4.C12H18N4.CH4/c1-10-14-3-11(4-15-10)5-17-8-12-6-16(2)7-13(12)9-17;1-9-14-2-10(3-15-9)6-16-7-11-4-13-5-12(11)8-16;/h3-4,12-13H,5-9H2,1-2H3;2-3,11-13H,4-8H2,1H3;1H4. The van der Waals surface area contributed by atoms with Crippen LogP contribution in [0, 0.1) is 37.5 Å². The molecule has 2 aromatic heterocycles. The van der Waals surface area contributed by atoms with Crippen LogP contribution in [0.1, 0.15) is 30.2 Å². The van der Waals surface area contributed by atoms with Gasteiger partial charge in [0.05, 0.1) is 0 Å². The van der Waals surface area contributed by atoms with E-state index < -0.39 is 0 Å². The van der Waals surface area contributed by atoms with Gasteiger partial charge in [0.15, 0.2) is 0 Å². The molecule has 2 aromatic rings. The monoisotopic (exact) mass is 466 g/mol. The van der Waals surface area contributed by atoms with Crippen molar-refractivity contribution in [2.24, 2.45) is 23.7 Å². The number of hydrogen-bond acceptors (Lipinski definition) is 8. The van der Waals surface area contributed by atoms with Crippen molar-refractivity contribution in [3.63, 3.8) is 0 Å². The molecule has 1 N–H and O–H groups in total. The molecule has 6 rings (SSSR count). The lowest BCUT2D eigenvalue weighted by Gasteiger charge is -2.18. The quantitative estimate of drug-likeness (QED) is 0.732. The minimum atomic E-state index is 0. The van der Waals surface area contributed by atoms with Gasteiger partial charge in [-0.25, -0.2) is 19.9 Å². The number of aromatic nitrogens is 4. The zero-order valence-electron chi connectivity index (χ0n) is 20.3. The van der Waals surface area contributed by atoms with Crippen molar-refractivity contribution in [3.8, 4) is 0 Å². The van der Waals surface area contributed by atoms with Crippen LogP contribution in [0.15, 0.2) is 24.8 Å². The van der Waals surface area contributed by atoms with Gasteiger partial charge in [-0.1, -0.05) is 7.43 Å². The third-order valence-corrected chi connectivity index (χ3v) is 7.69. The van der Waals surface area contributed by atoms with Gasteiger partial charge >= 0.3 is 0 Å². The van der Waals surface area contributed by atoms with E-state index >= 15 is 0 Å². The number of fused-ring (bicyclic) bond motifs is 2. The Labute approximate surface area is 205 Å². The van der Waals surface area contributed by atoms with Crippen LogP contribution in [-0.4, -0.2) is 94.0 Å². The summed E-state index contributed by atoms with van der Waals surface area (Å²) in [7, 11) is 2.23. The first-order valence-corrected chi connectivity index (χ1v) is 12.4. The fraction of sp³-hybridized carbons (Fsp3) is 0.692. The van der Waals surface area contributed by atoms with Crippen LogP contribution in [0.25, 0.3) is 0 Å². The first-order chi connectivity index (χ1) is 16.0. The molecule has 4 fully saturated rings. The molecule has 0 aromatic carbocycles. The second kappa shape index (κ2) is 11.2. The number of hydrogen-bond donors (Lipinski definition) is 1. The number of nitrogens with zero attached hydrogens (tertiary/aromatic N) is 7. The van der Waals surface area contributed by atoms with Crippen molar-refractivity contribution in [3.05, 3.63) is 47.6 Å². The van der Waals surface area contributed by atoms with Crippen molar-refractivity contribution >= 4 is 0 Å². The van der Waals surface area contributed by atoms with Crippen molar-refractivity contribution in [1.29, 1.82) is 0 Å². The summed E-state index contributed by atoms with van der Waals surface area (Å²) in [5.41, 5.74) is 2.47. The topological polar surface area (TPSA) is 73.3 Å². The summed E-state index contributed by atoms with van der Waals surface area (Å²) in [6.45, 7) is 15.7. The highest BCUT2D eigenvalue weighted by Gasteiger charge is 2.38. The molecule has 0 saturated carbocycles. The molecule has 0 radical (unpaired) electrons. The first-order valence-electron chi connectivity index (χ1n) is 12.4. The van der Waals surface area contributed by atoms with Gasteiger partial charge in [0, 0.05) is 88.3 Å². The van der Waals surface area contributed by atoms with Gasteiger partial charge in [-0.3, -0.25) is 9.80 Å². The van der Waals surface area contributed by atoms with Crippen molar-refractivity contribution in [1.82, 2.24) is 40.0 Å². The van der Waals surface area contributed by atoms with Gasteiger partial charge in [0.25, 0.3) is 0 Å².